The standard InChI is InChI=1S/C15H16N2O6S/c1-10(14(16)18)23-15(19)11-4-2-6-13(8-11)24(20,21)17-9-12-5-3-7-22-12/h2-8,10,17H,9H2,1H3,(H2,16,18)/t10-/m1/s1. The number of amides is 1. The topological polar surface area (TPSA) is 129 Å². The Morgan fingerprint density at radius 1 is 1.29 bits per heavy atom. The Morgan fingerprint density at radius 2 is 2.04 bits per heavy atom. The highest BCUT2D eigenvalue weighted by Gasteiger charge is 2.19. The Hall–Kier alpha value is -2.65. The smallest absolute Gasteiger partial charge is 0.338 e. The highest BCUT2D eigenvalue weighted by Crippen LogP contribution is 2.14. The molecule has 1 atom stereocenters. The normalized spacial score (nSPS) is 12.5. The van der Waals surface area contributed by atoms with Gasteiger partial charge in [-0.2, -0.15) is 0 Å². The maximum atomic E-state index is 12.3. The Labute approximate surface area is 138 Å². The molecule has 2 aromatic rings. The van der Waals surface area contributed by atoms with Gasteiger partial charge in [0.05, 0.1) is 23.3 Å². The molecule has 3 N–H and O–H groups in total. The highest BCUT2D eigenvalue weighted by atomic mass is 32.2. The number of hydrogen-bond donors (Lipinski definition) is 2. The summed E-state index contributed by atoms with van der Waals surface area (Å²) in [6.07, 6.45) is 0.315. The van der Waals surface area contributed by atoms with Crippen LogP contribution in [0.3, 0.4) is 0 Å². The number of furan rings is 1. The summed E-state index contributed by atoms with van der Waals surface area (Å²) in [6, 6.07) is 8.52. The first-order valence-corrected chi connectivity index (χ1v) is 8.40. The van der Waals surface area contributed by atoms with E-state index in [0.29, 0.717) is 5.76 Å². The summed E-state index contributed by atoms with van der Waals surface area (Å²) in [6.45, 7) is 1.30. The molecule has 0 aliphatic rings. The third kappa shape index (κ3) is 4.43. The molecule has 24 heavy (non-hydrogen) atoms. The molecule has 1 amide bonds. The number of nitrogens with two attached hydrogens (primary N) is 1. The van der Waals surface area contributed by atoms with Gasteiger partial charge in [-0.25, -0.2) is 17.9 Å². The molecule has 0 spiro atoms. The summed E-state index contributed by atoms with van der Waals surface area (Å²) in [7, 11) is -3.85. The summed E-state index contributed by atoms with van der Waals surface area (Å²) in [5.41, 5.74) is 5.01. The number of hydrogen-bond acceptors (Lipinski definition) is 6. The van der Waals surface area contributed by atoms with Gasteiger partial charge in [0.2, 0.25) is 10.0 Å². The van der Waals surface area contributed by atoms with Crippen LogP contribution in [0.25, 0.3) is 0 Å². The van der Waals surface area contributed by atoms with Gasteiger partial charge < -0.3 is 14.9 Å². The van der Waals surface area contributed by atoms with Crippen molar-refractivity contribution in [3.8, 4) is 0 Å². The lowest BCUT2D eigenvalue weighted by Gasteiger charge is -2.10. The first-order chi connectivity index (χ1) is 11.3. The van der Waals surface area contributed by atoms with Gasteiger partial charge in [0.25, 0.3) is 5.91 Å². The van der Waals surface area contributed by atoms with E-state index in [2.05, 4.69) is 4.72 Å². The van der Waals surface area contributed by atoms with Gasteiger partial charge in [0.15, 0.2) is 6.10 Å². The fraction of sp³-hybridized carbons (Fsp3) is 0.200. The van der Waals surface area contributed by atoms with Crippen LogP contribution in [0.4, 0.5) is 0 Å². The van der Waals surface area contributed by atoms with Crippen molar-refractivity contribution in [3.05, 3.63) is 54.0 Å². The number of esters is 1. The maximum Gasteiger partial charge on any atom is 0.338 e. The van der Waals surface area contributed by atoms with Crippen LogP contribution in [0, 0.1) is 0 Å². The number of ether oxygens (including phenoxy) is 1. The first-order valence-electron chi connectivity index (χ1n) is 6.92. The van der Waals surface area contributed by atoms with Gasteiger partial charge >= 0.3 is 5.97 Å². The second kappa shape index (κ2) is 7.28. The van der Waals surface area contributed by atoms with E-state index in [0.717, 1.165) is 6.07 Å². The van der Waals surface area contributed by atoms with Crippen LogP contribution in [0.15, 0.2) is 52.0 Å². The van der Waals surface area contributed by atoms with E-state index in [1.807, 2.05) is 0 Å². The van der Waals surface area contributed by atoms with Crippen molar-refractivity contribution in [2.75, 3.05) is 0 Å². The molecular weight excluding hydrogens is 336 g/mol. The quantitative estimate of drug-likeness (QED) is 0.709. The molecule has 0 unspecified atom stereocenters. The van der Waals surface area contributed by atoms with Crippen LogP contribution in [0.2, 0.25) is 0 Å². The van der Waals surface area contributed by atoms with Crippen LogP contribution in [0.1, 0.15) is 23.0 Å². The molecule has 0 fully saturated rings. The Kier molecular flexibility index (Phi) is 5.37. The predicted molar refractivity (Wildman–Crippen MR) is 83.2 cm³/mol. The lowest BCUT2D eigenvalue weighted by Crippen LogP contribution is -2.30. The minimum Gasteiger partial charge on any atom is -0.468 e. The summed E-state index contributed by atoms with van der Waals surface area (Å²) >= 11 is 0. The fourth-order valence-electron chi connectivity index (χ4n) is 1.74. The molecule has 0 bridgehead atoms. The van der Waals surface area contributed by atoms with Crippen molar-refractivity contribution in [1.82, 2.24) is 4.72 Å². The van der Waals surface area contributed by atoms with E-state index in [1.54, 1.807) is 12.1 Å². The minimum absolute atomic E-state index is 0.0102. The molecule has 8 nitrogen and oxygen atoms in total. The molecule has 0 saturated heterocycles. The molecule has 2 rings (SSSR count). The number of nitrogens with one attached hydrogen (secondary N) is 1. The Morgan fingerprint density at radius 3 is 2.67 bits per heavy atom. The zero-order valence-electron chi connectivity index (χ0n) is 12.8. The van der Waals surface area contributed by atoms with E-state index in [9.17, 15) is 18.0 Å². The monoisotopic (exact) mass is 352 g/mol. The van der Waals surface area contributed by atoms with Crippen LogP contribution in [0.5, 0.6) is 0 Å². The molecule has 0 aliphatic heterocycles. The van der Waals surface area contributed by atoms with E-state index in [4.69, 9.17) is 14.9 Å². The molecule has 1 heterocycles. The van der Waals surface area contributed by atoms with Gasteiger partial charge in [-0.3, -0.25) is 4.79 Å². The largest absolute Gasteiger partial charge is 0.468 e. The van der Waals surface area contributed by atoms with E-state index in [-0.39, 0.29) is 17.0 Å². The molecule has 9 heteroatoms. The summed E-state index contributed by atoms with van der Waals surface area (Å²) < 4.78 is 36.8. The number of carbonyl (C=O) groups is 2. The first kappa shape index (κ1) is 17.7. The molecule has 0 aliphatic carbocycles. The van der Waals surface area contributed by atoms with Crippen molar-refractivity contribution in [2.45, 2.75) is 24.5 Å². The zero-order chi connectivity index (χ0) is 17.7. The third-order valence-electron chi connectivity index (χ3n) is 3.08. The number of sulfonamides is 1. The van der Waals surface area contributed by atoms with Crippen LogP contribution >= 0.6 is 0 Å². The van der Waals surface area contributed by atoms with Gasteiger partial charge in [-0.15, -0.1) is 0 Å². The van der Waals surface area contributed by atoms with Crippen molar-refractivity contribution >= 4 is 21.9 Å². The van der Waals surface area contributed by atoms with E-state index < -0.39 is 28.0 Å². The number of carbonyl (C=O) groups excluding carboxylic acids is 2. The minimum atomic E-state index is -3.85. The van der Waals surface area contributed by atoms with Gasteiger partial charge in [-0.05, 0) is 37.3 Å². The SMILES string of the molecule is C[C@@H](OC(=O)c1cccc(S(=O)(=O)NCc2ccco2)c1)C(N)=O. The van der Waals surface area contributed by atoms with Gasteiger partial charge in [0.1, 0.15) is 5.76 Å². The molecular formula is C15H16N2O6S. The van der Waals surface area contributed by atoms with Gasteiger partial charge in [0, 0.05) is 0 Å². The average Bonchev–Trinajstić information content (AvgIpc) is 3.06. The van der Waals surface area contributed by atoms with Crippen molar-refractivity contribution in [3.63, 3.8) is 0 Å². The number of benzene rings is 1. The molecule has 128 valence electrons. The van der Waals surface area contributed by atoms with Crippen molar-refractivity contribution < 1.29 is 27.2 Å². The Balaban J connectivity index is 2.13. The second-order valence-electron chi connectivity index (χ2n) is 4.88. The van der Waals surface area contributed by atoms with Crippen LogP contribution in [-0.4, -0.2) is 26.4 Å². The molecule has 0 radical (unpaired) electrons. The number of rotatable bonds is 7. The number of primary amides is 1. The lowest BCUT2D eigenvalue weighted by atomic mass is 10.2. The lowest BCUT2D eigenvalue weighted by molar-refractivity contribution is -0.125. The summed E-state index contributed by atoms with van der Waals surface area (Å²) in [4.78, 5) is 22.7. The maximum absolute atomic E-state index is 12.3. The fourth-order valence-corrected chi connectivity index (χ4v) is 2.78. The Bertz CT molecular complexity index is 829. The second-order valence-corrected chi connectivity index (χ2v) is 6.65. The van der Waals surface area contributed by atoms with Crippen molar-refractivity contribution in [2.24, 2.45) is 5.73 Å². The van der Waals surface area contributed by atoms with E-state index in [1.165, 1.54) is 31.4 Å². The van der Waals surface area contributed by atoms with Crippen LogP contribution in [-0.2, 0) is 26.1 Å². The zero-order valence-corrected chi connectivity index (χ0v) is 13.6. The van der Waals surface area contributed by atoms with Crippen molar-refractivity contribution in [1.29, 1.82) is 0 Å². The molecule has 0 saturated carbocycles. The molecule has 1 aromatic heterocycles. The summed E-state index contributed by atoms with van der Waals surface area (Å²) in [5, 5.41) is 0. The average molecular weight is 352 g/mol. The van der Waals surface area contributed by atoms with Crippen LogP contribution < -0.4 is 10.5 Å². The highest BCUT2D eigenvalue weighted by molar-refractivity contribution is 7.89. The summed E-state index contributed by atoms with van der Waals surface area (Å²) in [5.74, 6) is -1.19. The third-order valence-corrected chi connectivity index (χ3v) is 4.48. The predicted octanol–water partition coefficient (Wildman–Crippen LogP) is 0.789. The molecule has 1 aromatic carbocycles. The van der Waals surface area contributed by atoms with Gasteiger partial charge in [-0.1, -0.05) is 6.07 Å². The van der Waals surface area contributed by atoms with E-state index >= 15 is 0 Å².